The van der Waals surface area contributed by atoms with Crippen molar-refractivity contribution >= 4 is 33.9 Å². The van der Waals surface area contributed by atoms with E-state index >= 15 is 0 Å². The summed E-state index contributed by atoms with van der Waals surface area (Å²) in [5.41, 5.74) is 4.07. The second-order valence-corrected chi connectivity index (χ2v) is 7.91. The molecule has 0 fully saturated rings. The quantitative estimate of drug-likeness (QED) is 0.411. The summed E-state index contributed by atoms with van der Waals surface area (Å²) in [6.45, 7) is 7.56. The molecular formula is C22H23BrN6O. The third kappa shape index (κ3) is 5.05. The van der Waals surface area contributed by atoms with Crippen LogP contribution in [0.2, 0.25) is 0 Å². The number of anilines is 1. The molecule has 0 bridgehead atoms. The number of halogens is 1. The lowest BCUT2D eigenvalue weighted by Gasteiger charge is -2.07. The van der Waals surface area contributed by atoms with E-state index in [9.17, 15) is 10.1 Å². The van der Waals surface area contributed by atoms with Crippen LogP contribution in [0, 0.1) is 25.2 Å². The molecule has 0 saturated carbocycles. The fourth-order valence-electron chi connectivity index (χ4n) is 3.22. The van der Waals surface area contributed by atoms with Crippen LogP contribution in [-0.2, 0) is 17.9 Å². The first-order chi connectivity index (χ1) is 14.4. The Bertz CT molecular complexity index is 1120. The van der Waals surface area contributed by atoms with Crippen LogP contribution in [0.4, 0.5) is 5.95 Å². The molecule has 3 aromatic rings. The van der Waals surface area contributed by atoms with Crippen molar-refractivity contribution in [1.82, 2.24) is 19.3 Å². The van der Waals surface area contributed by atoms with Crippen molar-refractivity contribution < 1.29 is 4.79 Å². The number of nitriles is 1. The number of rotatable bonds is 7. The molecule has 0 saturated heterocycles. The monoisotopic (exact) mass is 466 g/mol. The first kappa shape index (κ1) is 21.5. The Morgan fingerprint density at radius 1 is 1.30 bits per heavy atom. The van der Waals surface area contributed by atoms with Gasteiger partial charge in [0.05, 0.1) is 6.54 Å². The molecule has 1 aromatic carbocycles. The maximum Gasteiger partial charge on any atom is 0.268 e. The number of nitrogens with zero attached hydrogens (tertiary/aromatic N) is 5. The number of amides is 1. The Hall–Kier alpha value is -3.18. The van der Waals surface area contributed by atoms with Crippen molar-refractivity contribution in [2.45, 2.75) is 40.3 Å². The Morgan fingerprint density at radius 3 is 2.70 bits per heavy atom. The van der Waals surface area contributed by atoms with Gasteiger partial charge >= 0.3 is 0 Å². The lowest BCUT2D eigenvalue weighted by atomic mass is 10.1. The van der Waals surface area contributed by atoms with Gasteiger partial charge in [-0.25, -0.2) is 9.67 Å². The molecule has 0 aliphatic heterocycles. The van der Waals surface area contributed by atoms with Gasteiger partial charge in [-0.15, -0.1) is 5.10 Å². The zero-order chi connectivity index (χ0) is 21.7. The molecule has 154 valence electrons. The zero-order valence-electron chi connectivity index (χ0n) is 17.2. The van der Waals surface area contributed by atoms with Crippen LogP contribution in [0.3, 0.4) is 0 Å². The number of carbonyl (C=O) groups is 1. The molecule has 2 aromatic heterocycles. The number of aromatic nitrogens is 4. The third-order valence-corrected chi connectivity index (χ3v) is 5.27. The summed E-state index contributed by atoms with van der Waals surface area (Å²) >= 11 is 3.41. The van der Waals surface area contributed by atoms with Crippen molar-refractivity contribution in [3.8, 4) is 6.07 Å². The minimum absolute atomic E-state index is 0.0102. The summed E-state index contributed by atoms with van der Waals surface area (Å²) in [6.07, 6.45) is 4.17. The molecule has 0 radical (unpaired) electrons. The molecule has 30 heavy (non-hydrogen) atoms. The first-order valence-corrected chi connectivity index (χ1v) is 10.4. The van der Waals surface area contributed by atoms with E-state index in [1.165, 1.54) is 0 Å². The van der Waals surface area contributed by atoms with E-state index in [0.29, 0.717) is 6.54 Å². The molecule has 0 spiro atoms. The summed E-state index contributed by atoms with van der Waals surface area (Å²) in [7, 11) is 0. The number of nitrogens with one attached hydrogen (secondary N) is 1. The molecule has 1 N–H and O–H groups in total. The predicted molar refractivity (Wildman–Crippen MR) is 120 cm³/mol. The van der Waals surface area contributed by atoms with E-state index in [1.54, 1.807) is 17.1 Å². The summed E-state index contributed by atoms with van der Waals surface area (Å²) in [5, 5.41) is 16.4. The van der Waals surface area contributed by atoms with Gasteiger partial charge in [-0.3, -0.25) is 10.1 Å². The summed E-state index contributed by atoms with van der Waals surface area (Å²) in [6, 6.07) is 11.8. The Kier molecular flexibility index (Phi) is 6.85. The molecule has 0 aliphatic carbocycles. The highest BCUT2D eigenvalue weighted by atomic mass is 79.9. The summed E-state index contributed by atoms with van der Waals surface area (Å²) in [4.78, 5) is 16.7. The normalized spacial score (nSPS) is 11.4. The topological polar surface area (TPSA) is 88.5 Å². The SMILES string of the molecule is CCCn1c(C)cc(/C=C(/C#N)C(=O)Nc2ncn(Cc3ccc(Br)cc3)n2)c1C. The Morgan fingerprint density at radius 2 is 2.03 bits per heavy atom. The molecule has 7 nitrogen and oxygen atoms in total. The highest BCUT2D eigenvalue weighted by Crippen LogP contribution is 2.19. The fourth-order valence-corrected chi connectivity index (χ4v) is 3.48. The molecule has 0 unspecified atom stereocenters. The standard InChI is InChI=1S/C22H23BrN6O/c1-4-9-29-15(2)10-18(16(29)3)11-19(12-24)21(30)26-22-25-14-28(27-22)13-17-5-7-20(23)8-6-17/h5-8,10-11,14H,4,9,13H2,1-3H3,(H,26,27,30)/b19-11-. The average molecular weight is 467 g/mol. The Balaban J connectivity index is 1.72. The van der Waals surface area contributed by atoms with Crippen LogP contribution < -0.4 is 5.32 Å². The minimum Gasteiger partial charge on any atom is -0.349 e. The largest absolute Gasteiger partial charge is 0.349 e. The van der Waals surface area contributed by atoms with Crippen LogP contribution in [0.1, 0.15) is 35.9 Å². The van der Waals surface area contributed by atoms with E-state index in [1.807, 2.05) is 50.2 Å². The van der Waals surface area contributed by atoms with Crippen LogP contribution in [-0.4, -0.2) is 25.2 Å². The molecule has 0 aliphatic rings. The summed E-state index contributed by atoms with van der Waals surface area (Å²) < 4.78 is 4.82. The van der Waals surface area contributed by atoms with Gasteiger partial charge in [-0.1, -0.05) is 35.0 Å². The van der Waals surface area contributed by atoms with Gasteiger partial charge in [0.2, 0.25) is 5.95 Å². The Labute approximate surface area is 184 Å². The van der Waals surface area contributed by atoms with E-state index < -0.39 is 5.91 Å². The molecule has 1 amide bonds. The lowest BCUT2D eigenvalue weighted by molar-refractivity contribution is -0.112. The van der Waals surface area contributed by atoms with Gasteiger partial charge in [-0.2, -0.15) is 5.26 Å². The van der Waals surface area contributed by atoms with Crippen molar-refractivity contribution in [3.05, 3.63) is 69.2 Å². The van der Waals surface area contributed by atoms with E-state index in [2.05, 4.69) is 42.8 Å². The smallest absolute Gasteiger partial charge is 0.268 e. The van der Waals surface area contributed by atoms with Crippen molar-refractivity contribution in [2.75, 3.05) is 5.32 Å². The third-order valence-electron chi connectivity index (χ3n) is 4.74. The number of hydrogen-bond donors (Lipinski definition) is 1. The van der Waals surface area contributed by atoms with E-state index in [-0.39, 0.29) is 11.5 Å². The maximum absolute atomic E-state index is 12.6. The predicted octanol–water partition coefficient (Wildman–Crippen LogP) is 4.46. The molecule has 8 heteroatoms. The maximum atomic E-state index is 12.6. The highest BCUT2D eigenvalue weighted by Gasteiger charge is 2.14. The summed E-state index contributed by atoms with van der Waals surface area (Å²) in [5.74, 6) is -0.367. The van der Waals surface area contributed by atoms with Gasteiger partial charge < -0.3 is 4.57 Å². The van der Waals surface area contributed by atoms with E-state index in [4.69, 9.17) is 0 Å². The van der Waals surface area contributed by atoms with Gasteiger partial charge in [0.25, 0.3) is 5.91 Å². The number of benzene rings is 1. The van der Waals surface area contributed by atoms with Crippen molar-refractivity contribution in [2.24, 2.45) is 0 Å². The number of aryl methyl sites for hydroxylation is 1. The van der Waals surface area contributed by atoms with Crippen LogP contribution >= 0.6 is 15.9 Å². The lowest BCUT2D eigenvalue weighted by Crippen LogP contribution is -2.15. The second kappa shape index (κ2) is 9.55. The number of hydrogen-bond acceptors (Lipinski definition) is 4. The fraction of sp³-hybridized carbons (Fsp3) is 0.273. The van der Waals surface area contributed by atoms with Crippen molar-refractivity contribution in [3.63, 3.8) is 0 Å². The molecular weight excluding hydrogens is 444 g/mol. The van der Waals surface area contributed by atoms with E-state index in [0.717, 1.165) is 40.0 Å². The van der Waals surface area contributed by atoms with Gasteiger partial charge in [0.15, 0.2) is 0 Å². The van der Waals surface area contributed by atoms with Crippen LogP contribution in [0.15, 0.2) is 46.7 Å². The van der Waals surface area contributed by atoms with Gasteiger partial charge in [-0.05, 0) is 55.7 Å². The average Bonchev–Trinajstić information content (AvgIpc) is 3.26. The van der Waals surface area contributed by atoms with Crippen LogP contribution in [0.25, 0.3) is 6.08 Å². The molecule has 0 atom stereocenters. The van der Waals surface area contributed by atoms with Crippen LogP contribution in [0.5, 0.6) is 0 Å². The molecule has 3 rings (SSSR count). The van der Waals surface area contributed by atoms with Crippen molar-refractivity contribution in [1.29, 1.82) is 5.26 Å². The number of carbonyl (C=O) groups excluding carboxylic acids is 1. The highest BCUT2D eigenvalue weighted by molar-refractivity contribution is 9.10. The zero-order valence-corrected chi connectivity index (χ0v) is 18.8. The van der Waals surface area contributed by atoms with Gasteiger partial charge in [0.1, 0.15) is 18.0 Å². The minimum atomic E-state index is -0.529. The first-order valence-electron chi connectivity index (χ1n) is 9.65. The molecule has 2 heterocycles. The second-order valence-electron chi connectivity index (χ2n) is 6.99. The van der Waals surface area contributed by atoms with Gasteiger partial charge in [0, 0.05) is 22.4 Å².